The standard InChI is InChI=1S/C21H26N4/c1-24(15-16-25-13-5-2-6-14-25)18-11-9-17(10-12-18)21-22-19-7-3-4-8-20(19)23-21/h3-4,7-12H,2,5-6,13-16H2,1H3,(H,22,23). The van der Waals surface area contributed by atoms with Gasteiger partial charge >= 0.3 is 0 Å². The van der Waals surface area contributed by atoms with Gasteiger partial charge in [-0.2, -0.15) is 0 Å². The van der Waals surface area contributed by atoms with Crippen LogP contribution in [0.5, 0.6) is 0 Å². The molecule has 0 atom stereocenters. The maximum atomic E-state index is 4.68. The number of rotatable bonds is 5. The second-order valence-electron chi connectivity index (χ2n) is 6.97. The highest BCUT2D eigenvalue weighted by Crippen LogP contribution is 2.23. The van der Waals surface area contributed by atoms with Gasteiger partial charge in [0.15, 0.2) is 0 Å². The fourth-order valence-electron chi connectivity index (χ4n) is 3.57. The Kier molecular flexibility index (Phi) is 4.70. The average molecular weight is 334 g/mol. The third-order valence-corrected chi connectivity index (χ3v) is 5.17. The molecule has 4 nitrogen and oxygen atoms in total. The summed E-state index contributed by atoms with van der Waals surface area (Å²) < 4.78 is 0. The molecule has 1 saturated heterocycles. The molecule has 1 aliphatic heterocycles. The molecule has 1 aliphatic rings. The molecule has 1 N–H and O–H groups in total. The van der Waals surface area contributed by atoms with Crippen molar-refractivity contribution in [3.8, 4) is 11.4 Å². The molecule has 0 saturated carbocycles. The van der Waals surface area contributed by atoms with Crippen molar-refractivity contribution in [2.45, 2.75) is 19.3 Å². The van der Waals surface area contributed by atoms with Crippen molar-refractivity contribution in [3.05, 3.63) is 48.5 Å². The highest BCUT2D eigenvalue weighted by Gasteiger charge is 2.11. The third-order valence-electron chi connectivity index (χ3n) is 5.17. The molecule has 0 radical (unpaired) electrons. The highest BCUT2D eigenvalue weighted by atomic mass is 15.2. The molecule has 130 valence electrons. The van der Waals surface area contributed by atoms with Gasteiger partial charge in [-0.15, -0.1) is 0 Å². The van der Waals surface area contributed by atoms with Crippen LogP contribution in [0.2, 0.25) is 0 Å². The average Bonchev–Trinajstić information content (AvgIpc) is 3.11. The predicted octanol–water partition coefficient (Wildman–Crippen LogP) is 4.15. The summed E-state index contributed by atoms with van der Waals surface area (Å²) in [5.74, 6) is 0.934. The lowest BCUT2D eigenvalue weighted by Gasteiger charge is -2.29. The number of nitrogens with one attached hydrogen (secondary N) is 1. The number of imidazole rings is 1. The highest BCUT2D eigenvalue weighted by molar-refractivity contribution is 5.79. The van der Waals surface area contributed by atoms with E-state index in [4.69, 9.17) is 0 Å². The molecule has 3 aromatic rings. The van der Waals surface area contributed by atoms with Crippen molar-refractivity contribution >= 4 is 16.7 Å². The van der Waals surface area contributed by atoms with Crippen LogP contribution in [-0.4, -0.2) is 48.1 Å². The van der Waals surface area contributed by atoms with E-state index < -0.39 is 0 Å². The van der Waals surface area contributed by atoms with E-state index in [-0.39, 0.29) is 0 Å². The Labute approximate surface area is 149 Å². The minimum atomic E-state index is 0.934. The molecule has 0 bridgehead atoms. The zero-order valence-corrected chi connectivity index (χ0v) is 14.9. The van der Waals surface area contributed by atoms with E-state index in [2.05, 4.69) is 57.1 Å². The number of H-pyrrole nitrogens is 1. The van der Waals surface area contributed by atoms with Gasteiger partial charge in [0.05, 0.1) is 11.0 Å². The minimum absolute atomic E-state index is 0.934. The summed E-state index contributed by atoms with van der Waals surface area (Å²) in [6.45, 7) is 4.75. The molecule has 4 heteroatoms. The zero-order chi connectivity index (χ0) is 17.1. The Bertz CT molecular complexity index is 782. The van der Waals surface area contributed by atoms with Crippen molar-refractivity contribution in [2.24, 2.45) is 0 Å². The lowest BCUT2D eigenvalue weighted by Crippen LogP contribution is -2.36. The Morgan fingerprint density at radius 1 is 1.00 bits per heavy atom. The monoisotopic (exact) mass is 334 g/mol. The number of aromatic nitrogens is 2. The van der Waals surface area contributed by atoms with Gasteiger partial charge in [0.2, 0.25) is 0 Å². The molecule has 2 heterocycles. The Balaban J connectivity index is 1.42. The number of likely N-dealkylation sites (N-methyl/N-ethyl adjacent to an activating group) is 1. The van der Waals surface area contributed by atoms with Gasteiger partial charge in [-0.05, 0) is 62.3 Å². The Hall–Kier alpha value is -2.33. The number of benzene rings is 2. The van der Waals surface area contributed by atoms with Crippen molar-refractivity contribution in [2.75, 3.05) is 38.1 Å². The largest absolute Gasteiger partial charge is 0.373 e. The molecule has 25 heavy (non-hydrogen) atoms. The van der Waals surface area contributed by atoms with Gasteiger partial charge in [-0.3, -0.25) is 0 Å². The maximum Gasteiger partial charge on any atom is 0.138 e. The number of para-hydroxylation sites is 2. The van der Waals surface area contributed by atoms with Crippen LogP contribution in [0.15, 0.2) is 48.5 Å². The van der Waals surface area contributed by atoms with Crippen LogP contribution in [0, 0.1) is 0 Å². The molecular weight excluding hydrogens is 308 g/mol. The number of hydrogen-bond donors (Lipinski definition) is 1. The smallest absolute Gasteiger partial charge is 0.138 e. The molecule has 0 unspecified atom stereocenters. The molecular formula is C21H26N4. The van der Waals surface area contributed by atoms with E-state index in [1.54, 1.807) is 0 Å². The van der Waals surface area contributed by atoms with E-state index in [9.17, 15) is 0 Å². The summed E-state index contributed by atoms with van der Waals surface area (Å²) in [5, 5.41) is 0. The molecule has 2 aromatic carbocycles. The van der Waals surface area contributed by atoms with Crippen LogP contribution < -0.4 is 4.90 Å². The lowest BCUT2D eigenvalue weighted by atomic mass is 10.1. The minimum Gasteiger partial charge on any atom is -0.373 e. The van der Waals surface area contributed by atoms with Gasteiger partial charge in [0.25, 0.3) is 0 Å². The van der Waals surface area contributed by atoms with Crippen LogP contribution in [0.3, 0.4) is 0 Å². The van der Waals surface area contributed by atoms with Crippen LogP contribution in [0.1, 0.15) is 19.3 Å². The molecule has 0 spiro atoms. The summed E-state index contributed by atoms with van der Waals surface area (Å²) in [5.41, 5.74) is 4.49. The summed E-state index contributed by atoms with van der Waals surface area (Å²) >= 11 is 0. The third kappa shape index (κ3) is 3.69. The van der Waals surface area contributed by atoms with Crippen molar-refractivity contribution in [1.29, 1.82) is 0 Å². The summed E-state index contributed by atoms with van der Waals surface area (Å²) in [4.78, 5) is 13.0. The van der Waals surface area contributed by atoms with Crippen molar-refractivity contribution in [1.82, 2.24) is 14.9 Å². The summed E-state index contributed by atoms with van der Waals surface area (Å²) in [6.07, 6.45) is 4.11. The van der Waals surface area contributed by atoms with Gasteiger partial charge in [-0.1, -0.05) is 18.6 Å². The van der Waals surface area contributed by atoms with E-state index >= 15 is 0 Å². The van der Waals surface area contributed by atoms with Crippen LogP contribution in [0.25, 0.3) is 22.4 Å². The first-order valence-electron chi connectivity index (χ1n) is 9.28. The summed E-state index contributed by atoms with van der Waals surface area (Å²) in [7, 11) is 2.18. The first-order valence-corrected chi connectivity index (χ1v) is 9.28. The number of aromatic amines is 1. The van der Waals surface area contributed by atoms with Crippen LogP contribution >= 0.6 is 0 Å². The van der Waals surface area contributed by atoms with Gasteiger partial charge < -0.3 is 14.8 Å². The molecule has 0 aliphatic carbocycles. The molecule has 1 fully saturated rings. The topological polar surface area (TPSA) is 35.2 Å². The zero-order valence-electron chi connectivity index (χ0n) is 14.9. The SMILES string of the molecule is CN(CCN1CCCCC1)c1ccc(-c2nc3ccccc3[nH]2)cc1. The van der Waals surface area contributed by atoms with Gasteiger partial charge in [-0.25, -0.2) is 4.98 Å². The Morgan fingerprint density at radius 2 is 1.76 bits per heavy atom. The van der Waals surface area contributed by atoms with Crippen molar-refractivity contribution in [3.63, 3.8) is 0 Å². The summed E-state index contributed by atoms with van der Waals surface area (Å²) in [6, 6.07) is 16.9. The first kappa shape index (κ1) is 16.2. The second kappa shape index (κ2) is 7.28. The molecule has 4 rings (SSSR count). The van der Waals surface area contributed by atoms with Gasteiger partial charge in [0, 0.05) is 31.4 Å². The second-order valence-corrected chi connectivity index (χ2v) is 6.97. The quantitative estimate of drug-likeness (QED) is 0.761. The number of likely N-dealkylation sites (tertiary alicyclic amines) is 1. The van der Waals surface area contributed by atoms with E-state index in [1.165, 1.54) is 38.0 Å². The fraction of sp³-hybridized carbons (Fsp3) is 0.381. The van der Waals surface area contributed by atoms with Crippen LogP contribution in [0.4, 0.5) is 5.69 Å². The van der Waals surface area contributed by atoms with E-state index in [0.29, 0.717) is 0 Å². The van der Waals surface area contributed by atoms with E-state index in [1.807, 2.05) is 18.2 Å². The predicted molar refractivity (Wildman–Crippen MR) is 105 cm³/mol. The number of anilines is 1. The van der Waals surface area contributed by atoms with Crippen LogP contribution in [-0.2, 0) is 0 Å². The number of piperidine rings is 1. The number of nitrogens with zero attached hydrogens (tertiary/aromatic N) is 3. The van der Waals surface area contributed by atoms with Gasteiger partial charge in [0.1, 0.15) is 5.82 Å². The number of fused-ring (bicyclic) bond motifs is 1. The normalized spacial score (nSPS) is 15.6. The van der Waals surface area contributed by atoms with Crippen molar-refractivity contribution < 1.29 is 0 Å². The maximum absolute atomic E-state index is 4.68. The molecule has 1 aromatic heterocycles. The lowest BCUT2D eigenvalue weighted by molar-refractivity contribution is 0.234. The Morgan fingerprint density at radius 3 is 2.52 bits per heavy atom. The fourth-order valence-corrected chi connectivity index (χ4v) is 3.57. The van der Waals surface area contributed by atoms with E-state index in [0.717, 1.165) is 35.5 Å². The number of hydrogen-bond acceptors (Lipinski definition) is 3. The molecule has 0 amide bonds. The first-order chi connectivity index (χ1) is 12.3.